The number of carbonyl (C=O) groups is 3. The highest BCUT2D eigenvalue weighted by Crippen LogP contribution is 2.32. The van der Waals surface area contributed by atoms with Crippen LogP contribution < -0.4 is 4.90 Å². The number of aliphatic carboxylic acids is 1. The number of hydrogen-bond donors (Lipinski definition) is 1. The lowest BCUT2D eigenvalue weighted by molar-refractivity contribution is -0.140. The molecule has 1 aliphatic heterocycles. The largest absolute Gasteiger partial charge is 0.480 e. The maximum atomic E-state index is 12.7. The number of amides is 1. The van der Waals surface area contributed by atoms with E-state index in [-0.39, 0.29) is 11.0 Å². The van der Waals surface area contributed by atoms with Crippen LogP contribution >= 0.6 is 11.8 Å². The Morgan fingerprint density at radius 1 is 1.36 bits per heavy atom. The fourth-order valence-corrected chi connectivity index (χ4v) is 3.23. The average Bonchev–Trinajstić information content (AvgIpc) is 2.50. The fraction of sp³-hybridized carbons (Fsp3) is 0.438. The smallest absolute Gasteiger partial charge is 0.326 e. The molecule has 0 aromatic heterocycles. The molecule has 0 aliphatic carbocycles. The maximum Gasteiger partial charge on any atom is 0.326 e. The van der Waals surface area contributed by atoms with Crippen LogP contribution in [0.4, 0.5) is 5.69 Å². The molecule has 5 nitrogen and oxygen atoms in total. The monoisotopic (exact) mass is 321 g/mol. The highest BCUT2D eigenvalue weighted by atomic mass is 32.2. The molecule has 1 aromatic rings. The molecular formula is C16H19NO4S. The van der Waals surface area contributed by atoms with Crippen molar-refractivity contribution in [3.05, 3.63) is 29.8 Å². The molecule has 0 saturated heterocycles. The Morgan fingerprint density at radius 3 is 2.68 bits per heavy atom. The summed E-state index contributed by atoms with van der Waals surface area (Å²) in [5.41, 5.74) is 1.66. The fourth-order valence-electron chi connectivity index (χ4n) is 2.60. The Morgan fingerprint density at radius 2 is 2.05 bits per heavy atom. The van der Waals surface area contributed by atoms with Crippen molar-refractivity contribution >= 4 is 34.4 Å². The van der Waals surface area contributed by atoms with E-state index in [4.69, 9.17) is 0 Å². The summed E-state index contributed by atoms with van der Waals surface area (Å²) in [6, 6.07) is 6.55. The van der Waals surface area contributed by atoms with Gasteiger partial charge in [0, 0.05) is 24.3 Å². The minimum absolute atomic E-state index is 0.0477. The highest BCUT2D eigenvalue weighted by molar-refractivity contribution is 8.13. The van der Waals surface area contributed by atoms with Crippen molar-refractivity contribution < 1.29 is 19.5 Å². The van der Waals surface area contributed by atoms with Crippen LogP contribution in [0.5, 0.6) is 0 Å². The first kappa shape index (κ1) is 16.5. The first-order valence-corrected chi connectivity index (χ1v) is 8.17. The van der Waals surface area contributed by atoms with Gasteiger partial charge in [-0.05, 0) is 24.5 Å². The molecule has 1 amide bonds. The minimum atomic E-state index is -0.991. The van der Waals surface area contributed by atoms with Crippen molar-refractivity contribution in [1.82, 2.24) is 0 Å². The number of aryl methyl sites for hydroxylation is 1. The number of benzene rings is 1. The number of hydrogen-bond acceptors (Lipinski definition) is 4. The van der Waals surface area contributed by atoms with Crippen LogP contribution in [0.2, 0.25) is 0 Å². The molecule has 0 radical (unpaired) electrons. The number of thioether (sulfide) groups is 1. The van der Waals surface area contributed by atoms with E-state index >= 15 is 0 Å². The van der Waals surface area contributed by atoms with Gasteiger partial charge in [-0.3, -0.25) is 14.5 Å². The first-order chi connectivity index (χ1) is 10.4. The third-order valence-corrected chi connectivity index (χ3v) is 4.80. The molecule has 6 heteroatoms. The van der Waals surface area contributed by atoms with Crippen LogP contribution in [0.3, 0.4) is 0 Å². The van der Waals surface area contributed by atoms with Gasteiger partial charge in [-0.2, -0.15) is 0 Å². The van der Waals surface area contributed by atoms with Crippen molar-refractivity contribution in [2.45, 2.75) is 32.7 Å². The molecule has 2 atom stereocenters. The second-order valence-electron chi connectivity index (χ2n) is 5.43. The normalized spacial score (nSPS) is 18.5. The number of para-hydroxylation sites is 1. The van der Waals surface area contributed by atoms with Crippen LogP contribution in [0.15, 0.2) is 24.3 Å². The molecule has 1 N–H and O–H groups in total. The van der Waals surface area contributed by atoms with Crippen LogP contribution in [-0.4, -0.2) is 33.9 Å². The van der Waals surface area contributed by atoms with E-state index in [2.05, 4.69) is 0 Å². The molecule has 1 aromatic carbocycles. The lowest BCUT2D eigenvalue weighted by Gasteiger charge is -2.36. The number of rotatable bonds is 4. The molecule has 0 saturated carbocycles. The molecule has 0 unspecified atom stereocenters. The molecule has 0 spiro atoms. The summed E-state index contributed by atoms with van der Waals surface area (Å²) in [7, 11) is 0. The molecule has 1 heterocycles. The molecule has 118 valence electrons. The minimum Gasteiger partial charge on any atom is -0.480 e. The molecule has 22 heavy (non-hydrogen) atoms. The van der Waals surface area contributed by atoms with Crippen molar-refractivity contribution in [3.63, 3.8) is 0 Å². The predicted molar refractivity (Wildman–Crippen MR) is 86.0 cm³/mol. The van der Waals surface area contributed by atoms with E-state index in [0.717, 1.165) is 17.3 Å². The van der Waals surface area contributed by atoms with Crippen molar-refractivity contribution in [2.24, 2.45) is 5.92 Å². The van der Waals surface area contributed by atoms with Crippen molar-refractivity contribution in [2.75, 3.05) is 10.7 Å². The van der Waals surface area contributed by atoms with E-state index < -0.39 is 17.9 Å². The Kier molecular flexibility index (Phi) is 5.24. The van der Waals surface area contributed by atoms with E-state index in [0.29, 0.717) is 24.3 Å². The quantitative estimate of drug-likeness (QED) is 0.921. The van der Waals surface area contributed by atoms with Crippen LogP contribution in [-0.2, 0) is 20.8 Å². The third-order valence-electron chi connectivity index (χ3n) is 3.73. The highest BCUT2D eigenvalue weighted by Gasteiger charge is 2.37. The lowest BCUT2D eigenvalue weighted by Crippen LogP contribution is -2.50. The summed E-state index contributed by atoms with van der Waals surface area (Å²) in [6.45, 7) is 3.19. The summed E-state index contributed by atoms with van der Waals surface area (Å²) in [4.78, 5) is 36.7. The van der Waals surface area contributed by atoms with Gasteiger partial charge in [0.1, 0.15) is 6.04 Å². The van der Waals surface area contributed by atoms with E-state index in [1.165, 1.54) is 11.8 Å². The summed E-state index contributed by atoms with van der Waals surface area (Å²) >= 11 is 1.09. The van der Waals surface area contributed by atoms with Crippen LogP contribution in [0.25, 0.3) is 0 Å². The van der Waals surface area contributed by atoms with Gasteiger partial charge in [-0.25, -0.2) is 4.79 Å². The number of anilines is 1. The first-order valence-electron chi connectivity index (χ1n) is 7.19. The zero-order valence-corrected chi connectivity index (χ0v) is 13.4. The number of fused-ring (bicyclic) bond motifs is 1. The SMILES string of the molecule is CC(=O)SC[C@H](C)C(=O)N1c2ccccc2CC[C@@H]1C(=O)O. The maximum absolute atomic E-state index is 12.7. The summed E-state index contributed by atoms with van der Waals surface area (Å²) in [5, 5.41) is 9.38. The van der Waals surface area contributed by atoms with Crippen molar-refractivity contribution in [1.29, 1.82) is 0 Å². The summed E-state index contributed by atoms with van der Waals surface area (Å²) in [6.07, 6.45) is 1.05. The molecule has 0 fully saturated rings. The molecule has 1 aliphatic rings. The van der Waals surface area contributed by atoms with Gasteiger partial charge in [-0.1, -0.05) is 36.9 Å². The van der Waals surface area contributed by atoms with Gasteiger partial charge in [0.15, 0.2) is 5.12 Å². The molecular weight excluding hydrogens is 302 g/mol. The zero-order chi connectivity index (χ0) is 16.3. The Bertz CT molecular complexity index is 602. The van der Waals surface area contributed by atoms with E-state index in [1.807, 2.05) is 12.1 Å². The number of nitrogens with zero attached hydrogens (tertiary/aromatic N) is 1. The summed E-state index contributed by atoms with van der Waals surface area (Å²) in [5.74, 6) is -1.29. The van der Waals surface area contributed by atoms with E-state index in [9.17, 15) is 19.5 Å². The Balaban J connectivity index is 2.29. The second-order valence-corrected chi connectivity index (χ2v) is 6.63. The van der Waals surface area contributed by atoms with Gasteiger partial charge >= 0.3 is 5.97 Å². The summed E-state index contributed by atoms with van der Waals surface area (Å²) < 4.78 is 0. The average molecular weight is 321 g/mol. The van der Waals surface area contributed by atoms with Gasteiger partial charge < -0.3 is 5.11 Å². The van der Waals surface area contributed by atoms with Gasteiger partial charge in [0.25, 0.3) is 0 Å². The Hall–Kier alpha value is -1.82. The van der Waals surface area contributed by atoms with Crippen LogP contribution in [0.1, 0.15) is 25.8 Å². The van der Waals surface area contributed by atoms with Gasteiger partial charge in [-0.15, -0.1) is 0 Å². The topological polar surface area (TPSA) is 74.7 Å². The standard InChI is InChI=1S/C16H19NO4S/c1-10(9-22-11(2)18)15(19)17-13-6-4-3-5-12(13)7-8-14(17)16(20)21/h3-6,10,14H,7-9H2,1-2H3,(H,20,21)/t10-,14+/m0/s1. The predicted octanol–water partition coefficient (Wildman–Crippen LogP) is 2.33. The second kappa shape index (κ2) is 6.96. The zero-order valence-electron chi connectivity index (χ0n) is 12.6. The third kappa shape index (κ3) is 3.50. The number of carboxylic acids is 1. The number of carboxylic acid groups (broad SMARTS) is 1. The lowest BCUT2D eigenvalue weighted by atomic mass is 9.94. The van der Waals surface area contributed by atoms with Crippen molar-refractivity contribution in [3.8, 4) is 0 Å². The molecule has 0 bridgehead atoms. The Labute approximate surface area is 133 Å². The van der Waals surface area contributed by atoms with Crippen LogP contribution in [0, 0.1) is 5.92 Å². The molecule has 2 rings (SSSR count). The van der Waals surface area contributed by atoms with E-state index in [1.54, 1.807) is 19.1 Å². The van der Waals surface area contributed by atoms with Gasteiger partial charge in [0.05, 0.1) is 0 Å². The number of carbonyl (C=O) groups excluding carboxylic acids is 2. The van der Waals surface area contributed by atoms with Gasteiger partial charge in [0.2, 0.25) is 5.91 Å².